The van der Waals surface area contributed by atoms with Gasteiger partial charge in [-0.25, -0.2) is 4.79 Å². The average molecular weight is 526 g/mol. The van der Waals surface area contributed by atoms with Crippen LogP contribution in [0.15, 0.2) is 59.5 Å². The normalized spacial score (nSPS) is 11.3. The number of ether oxygens (including phenoxy) is 1. The van der Waals surface area contributed by atoms with Gasteiger partial charge in [0.1, 0.15) is 5.00 Å². The van der Waals surface area contributed by atoms with Crippen molar-refractivity contribution in [2.24, 2.45) is 0 Å². The fourth-order valence-corrected chi connectivity index (χ4v) is 5.32. The first-order valence-corrected chi connectivity index (χ1v) is 12.9. The molecule has 188 valence electrons. The highest BCUT2D eigenvalue weighted by Gasteiger charge is 2.28. The number of anilines is 3. The summed E-state index contributed by atoms with van der Waals surface area (Å²) >= 11 is 2.33. The van der Waals surface area contributed by atoms with E-state index in [0.717, 1.165) is 16.2 Å². The molecule has 0 spiro atoms. The van der Waals surface area contributed by atoms with Crippen molar-refractivity contribution >= 4 is 63.2 Å². The summed E-state index contributed by atoms with van der Waals surface area (Å²) in [5.74, 6) is -1.52. The first-order valence-electron chi connectivity index (χ1n) is 11.2. The largest absolute Gasteiger partial charge is 0.462 e. The Hall–Kier alpha value is -3.63. The van der Waals surface area contributed by atoms with E-state index in [1.54, 1.807) is 63.2 Å². The van der Waals surface area contributed by atoms with E-state index < -0.39 is 11.2 Å². The average Bonchev–Trinajstić information content (AvgIpc) is 3.15. The molecule has 1 heterocycles. The van der Waals surface area contributed by atoms with Gasteiger partial charge in [0.15, 0.2) is 0 Å². The third-order valence-electron chi connectivity index (χ3n) is 4.94. The van der Waals surface area contributed by atoms with Gasteiger partial charge in [-0.1, -0.05) is 24.3 Å². The highest BCUT2D eigenvalue weighted by molar-refractivity contribution is 8.00. The van der Waals surface area contributed by atoms with Crippen LogP contribution in [-0.2, 0) is 14.3 Å². The number of carbonyl (C=O) groups excluding carboxylic acids is 4. The molecule has 0 fully saturated rings. The minimum atomic E-state index is -0.608. The van der Waals surface area contributed by atoms with Crippen LogP contribution in [0.3, 0.4) is 0 Å². The molecule has 1 atom stereocenters. The van der Waals surface area contributed by atoms with Crippen LogP contribution in [-0.4, -0.2) is 35.5 Å². The third kappa shape index (κ3) is 6.96. The number of carbonyl (C=O) groups is 4. The first kappa shape index (κ1) is 27.0. The monoisotopic (exact) mass is 525 g/mol. The van der Waals surface area contributed by atoms with Crippen LogP contribution in [0.1, 0.15) is 46.4 Å². The summed E-state index contributed by atoms with van der Waals surface area (Å²) in [6.07, 6.45) is 0. The van der Waals surface area contributed by atoms with Gasteiger partial charge in [-0.2, -0.15) is 0 Å². The Morgan fingerprint density at radius 2 is 1.67 bits per heavy atom. The molecule has 1 unspecified atom stereocenters. The standard InChI is InChI=1S/C26H27N3O5S2/c1-5-34-26(33)21-15(2)22(24(32)28-18-10-7-6-8-11-18)36-25(21)29-23(31)16(3)35-20-13-9-12-19(14-20)27-17(4)30/h6-14,16H,5H2,1-4H3,(H,27,30)(H,28,32)(H,29,31). The van der Waals surface area contributed by atoms with Crippen molar-refractivity contribution in [1.29, 1.82) is 0 Å². The van der Waals surface area contributed by atoms with Gasteiger partial charge < -0.3 is 20.7 Å². The molecule has 0 aliphatic carbocycles. The van der Waals surface area contributed by atoms with Crippen LogP contribution in [0.2, 0.25) is 0 Å². The molecule has 0 bridgehead atoms. The minimum absolute atomic E-state index is 0.157. The van der Waals surface area contributed by atoms with Crippen LogP contribution in [0, 0.1) is 6.92 Å². The topological polar surface area (TPSA) is 114 Å². The second-order valence-corrected chi connectivity index (χ2v) is 10.2. The summed E-state index contributed by atoms with van der Waals surface area (Å²) in [6.45, 7) is 6.66. The number of thioether (sulfide) groups is 1. The van der Waals surface area contributed by atoms with E-state index in [9.17, 15) is 19.2 Å². The van der Waals surface area contributed by atoms with Gasteiger partial charge in [0.25, 0.3) is 5.91 Å². The summed E-state index contributed by atoms with van der Waals surface area (Å²) in [7, 11) is 0. The molecule has 0 radical (unpaired) electrons. The Bertz CT molecular complexity index is 1270. The Labute approximate surface area is 217 Å². The fourth-order valence-electron chi connectivity index (χ4n) is 3.30. The van der Waals surface area contributed by atoms with E-state index in [-0.39, 0.29) is 34.9 Å². The van der Waals surface area contributed by atoms with Crippen LogP contribution in [0.4, 0.5) is 16.4 Å². The smallest absolute Gasteiger partial charge is 0.341 e. The summed E-state index contributed by atoms with van der Waals surface area (Å²) in [5, 5.41) is 8.06. The lowest BCUT2D eigenvalue weighted by molar-refractivity contribution is -0.115. The molecule has 0 aliphatic heterocycles. The predicted molar refractivity (Wildman–Crippen MR) is 144 cm³/mol. The molecule has 10 heteroatoms. The molecule has 2 aromatic carbocycles. The van der Waals surface area contributed by atoms with E-state index in [0.29, 0.717) is 21.8 Å². The number of amides is 3. The molecule has 0 aliphatic rings. The molecule has 3 rings (SSSR count). The first-order chi connectivity index (χ1) is 17.2. The molecule has 0 saturated heterocycles. The van der Waals surface area contributed by atoms with E-state index in [1.165, 1.54) is 18.7 Å². The van der Waals surface area contributed by atoms with Gasteiger partial charge in [-0.05, 0) is 56.7 Å². The van der Waals surface area contributed by atoms with Crippen molar-refractivity contribution in [3.05, 3.63) is 70.6 Å². The van der Waals surface area contributed by atoms with Gasteiger partial charge in [-0.15, -0.1) is 23.1 Å². The van der Waals surface area contributed by atoms with Crippen molar-refractivity contribution in [3.8, 4) is 0 Å². The van der Waals surface area contributed by atoms with Crippen molar-refractivity contribution in [3.63, 3.8) is 0 Å². The Morgan fingerprint density at radius 1 is 0.972 bits per heavy atom. The summed E-state index contributed by atoms with van der Waals surface area (Å²) in [5.41, 5.74) is 1.85. The maximum atomic E-state index is 13.0. The summed E-state index contributed by atoms with van der Waals surface area (Å²) < 4.78 is 5.19. The van der Waals surface area contributed by atoms with Crippen molar-refractivity contribution in [2.75, 3.05) is 22.6 Å². The lowest BCUT2D eigenvalue weighted by atomic mass is 10.1. The van der Waals surface area contributed by atoms with Crippen molar-refractivity contribution in [1.82, 2.24) is 0 Å². The lowest BCUT2D eigenvalue weighted by Crippen LogP contribution is -2.23. The van der Waals surface area contributed by atoms with Crippen molar-refractivity contribution < 1.29 is 23.9 Å². The molecule has 3 aromatic rings. The number of esters is 1. The number of hydrogen-bond donors (Lipinski definition) is 3. The SMILES string of the molecule is CCOC(=O)c1c(NC(=O)C(C)Sc2cccc(NC(C)=O)c2)sc(C(=O)Nc2ccccc2)c1C. The second-order valence-electron chi connectivity index (χ2n) is 7.76. The van der Waals surface area contributed by atoms with E-state index in [2.05, 4.69) is 16.0 Å². The van der Waals surface area contributed by atoms with E-state index >= 15 is 0 Å². The Balaban J connectivity index is 1.81. The minimum Gasteiger partial charge on any atom is -0.462 e. The van der Waals surface area contributed by atoms with Gasteiger partial charge >= 0.3 is 5.97 Å². The lowest BCUT2D eigenvalue weighted by Gasteiger charge is -2.13. The van der Waals surface area contributed by atoms with Crippen LogP contribution < -0.4 is 16.0 Å². The summed E-state index contributed by atoms with van der Waals surface area (Å²) in [6, 6.07) is 16.1. The van der Waals surface area contributed by atoms with Crippen LogP contribution in [0.5, 0.6) is 0 Å². The molecule has 0 saturated carbocycles. The molecule has 8 nitrogen and oxygen atoms in total. The maximum Gasteiger partial charge on any atom is 0.341 e. The zero-order valence-corrected chi connectivity index (χ0v) is 22.0. The highest BCUT2D eigenvalue weighted by atomic mass is 32.2. The second kappa shape index (κ2) is 12.4. The number of benzene rings is 2. The Kier molecular flexibility index (Phi) is 9.26. The molecule has 1 aromatic heterocycles. The Morgan fingerprint density at radius 3 is 2.33 bits per heavy atom. The van der Waals surface area contributed by atoms with Gasteiger partial charge in [0, 0.05) is 23.2 Å². The maximum absolute atomic E-state index is 13.0. The van der Waals surface area contributed by atoms with Crippen LogP contribution >= 0.6 is 23.1 Å². The number of nitrogens with one attached hydrogen (secondary N) is 3. The molecule has 3 N–H and O–H groups in total. The van der Waals surface area contributed by atoms with Crippen LogP contribution in [0.25, 0.3) is 0 Å². The fraction of sp³-hybridized carbons (Fsp3) is 0.231. The number of para-hydroxylation sites is 1. The van der Waals surface area contributed by atoms with E-state index in [1.807, 2.05) is 12.1 Å². The highest BCUT2D eigenvalue weighted by Crippen LogP contribution is 2.35. The van der Waals surface area contributed by atoms with Gasteiger partial charge in [0.2, 0.25) is 11.8 Å². The third-order valence-corrected chi connectivity index (χ3v) is 7.24. The zero-order chi connectivity index (χ0) is 26.2. The number of rotatable bonds is 9. The number of hydrogen-bond acceptors (Lipinski definition) is 7. The summed E-state index contributed by atoms with van der Waals surface area (Å²) in [4.78, 5) is 51.1. The van der Waals surface area contributed by atoms with Gasteiger partial charge in [0.05, 0.1) is 22.3 Å². The molecular formula is C26H27N3O5S2. The van der Waals surface area contributed by atoms with E-state index in [4.69, 9.17) is 4.74 Å². The molecule has 36 heavy (non-hydrogen) atoms. The van der Waals surface area contributed by atoms with Gasteiger partial charge in [-0.3, -0.25) is 14.4 Å². The zero-order valence-electron chi connectivity index (χ0n) is 20.3. The molecular weight excluding hydrogens is 498 g/mol. The number of thiophene rings is 1. The molecule has 3 amide bonds. The predicted octanol–water partition coefficient (Wildman–Crippen LogP) is 5.56. The van der Waals surface area contributed by atoms with Crippen molar-refractivity contribution in [2.45, 2.75) is 37.8 Å². The quantitative estimate of drug-likeness (QED) is 0.249.